The topological polar surface area (TPSA) is 76.1 Å². The number of anilines is 2. The Bertz CT molecular complexity index is 423. The van der Waals surface area contributed by atoms with Crippen molar-refractivity contribution in [3.05, 3.63) is 18.2 Å². The van der Waals surface area contributed by atoms with E-state index in [-0.39, 0.29) is 0 Å². The molecule has 0 fully saturated rings. The summed E-state index contributed by atoms with van der Waals surface area (Å²) in [5.41, 5.74) is 12.9. The molecule has 0 spiro atoms. The zero-order valence-electron chi connectivity index (χ0n) is 7.16. The van der Waals surface area contributed by atoms with Crippen LogP contribution < -0.4 is 16.6 Å². The maximum atomic E-state index is 5.56. The normalized spacial score (nSPS) is 10.5. The fraction of sp³-hybridized carbons (Fsp3) is 0.125. The predicted octanol–water partition coefficient (Wildman–Crippen LogP) is 0.956. The lowest BCUT2D eigenvalue weighted by molar-refractivity contribution is 0.460. The van der Waals surface area contributed by atoms with Gasteiger partial charge in [-0.05, 0) is 12.1 Å². The molecule has 5 heteroatoms. The summed E-state index contributed by atoms with van der Waals surface area (Å²) in [6.45, 7) is 0. The molecule has 0 bridgehead atoms. The molecule has 2 rings (SSSR count). The lowest BCUT2D eigenvalue weighted by Crippen LogP contribution is -2.14. The number of hydrazine groups is 1. The molecule has 5 nitrogen and oxygen atoms in total. The van der Waals surface area contributed by atoms with Gasteiger partial charge in [-0.1, -0.05) is 5.16 Å². The van der Waals surface area contributed by atoms with E-state index in [0.29, 0.717) is 11.4 Å². The van der Waals surface area contributed by atoms with Crippen LogP contribution in [0.2, 0.25) is 0 Å². The molecule has 1 aromatic carbocycles. The van der Waals surface area contributed by atoms with Crippen LogP contribution in [0.1, 0.15) is 0 Å². The molecule has 0 aliphatic rings. The maximum absolute atomic E-state index is 5.56. The van der Waals surface area contributed by atoms with Crippen LogP contribution in [-0.2, 0) is 0 Å². The molecular weight excluding hydrogens is 168 g/mol. The number of fused-ring (bicyclic) bond motifs is 1. The zero-order chi connectivity index (χ0) is 9.26. The number of benzene rings is 1. The third kappa shape index (κ3) is 1.29. The molecule has 0 atom stereocenters. The molecule has 4 N–H and O–H groups in total. The minimum atomic E-state index is 0.422. The predicted molar refractivity (Wildman–Crippen MR) is 51.1 cm³/mol. The van der Waals surface area contributed by atoms with Crippen molar-refractivity contribution in [2.45, 2.75) is 0 Å². The summed E-state index contributed by atoms with van der Waals surface area (Å²) in [7, 11) is 1.79. The number of nitrogens with two attached hydrogens (primary N) is 1. The Morgan fingerprint density at radius 3 is 3.08 bits per heavy atom. The van der Waals surface area contributed by atoms with E-state index >= 15 is 0 Å². The molecule has 1 heterocycles. The Morgan fingerprint density at radius 2 is 2.31 bits per heavy atom. The third-order valence-corrected chi connectivity index (χ3v) is 1.77. The molecule has 0 radical (unpaired) electrons. The van der Waals surface area contributed by atoms with E-state index in [1.807, 2.05) is 18.2 Å². The molecular formula is C8H10N4O. The molecule has 68 valence electrons. The van der Waals surface area contributed by atoms with Crippen LogP contribution in [0.5, 0.6) is 0 Å². The quantitative estimate of drug-likeness (QED) is 0.597. The molecule has 0 amide bonds. The number of hydrogen-bond donors (Lipinski definition) is 3. The molecule has 0 aliphatic heterocycles. The van der Waals surface area contributed by atoms with Crippen LogP contribution >= 0.6 is 0 Å². The Balaban J connectivity index is 2.50. The molecule has 2 aromatic rings. The lowest BCUT2D eigenvalue weighted by Gasteiger charge is -2.01. The van der Waals surface area contributed by atoms with Crippen molar-refractivity contribution in [2.24, 2.45) is 0 Å². The number of nitrogen functional groups attached to an aromatic ring is 1. The van der Waals surface area contributed by atoms with E-state index in [0.717, 1.165) is 11.1 Å². The average Bonchev–Trinajstić information content (AvgIpc) is 2.48. The van der Waals surface area contributed by atoms with Crippen LogP contribution in [0.3, 0.4) is 0 Å². The van der Waals surface area contributed by atoms with E-state index in [4.69, 9.17) is 10.3 Å². The van der Waals surface area contributed by atoms with Gasteiger partial charge in [0.1, 0.15) is 0 Å². The fourth-order valence-electron chi connectivity index (χ4n) is 1.18. The van der Waals surface area contributed by atoms with Crippen molar-refractivity contribution in [2.75, 3.05) is 18.2 Å². The Hall–Kier alpha value is -1.75. The first-order valence-corrected chi connectivity index (χ1v) is 3.89. The number of nitrogens with one attached hydrogen (secondary N) is 2. The molecule has 1 aromatic heterocycles. The smallest absolute Gasteiger partial charge is 0.174 e. The summed E-state index contributed by atoms with van der Waals surface area (Å²) in [6.07, 6.45) is 0. The molecule has 13 heavy (non-hydrogen) atoms. The van der Waals surface area contributed by atoms with Crippen LogP contribution in [0.4, 0.5) is 11.5 Å². The number of aromatic nitrogens is 1. The summed E-state index contributed by atoms with van der Waals surface area (Å²) >= 11 is 0. The Morgan fingerprint density at radius 1 is 1.46 bits per heavy atom. The van der Waals surface area contributed by atoms with Crippen molar-refractivity contribution < 1.29 is 4.52 Å². The minimum absolute atomic E-state index is 0.422. The second-order valence-corrected chi connectivity index (χ2v) is 2.65. The number of nitrogens with zero attached hydrogens (tertiary/aromatic N) is 1. The van der Waals surface area contributed by atoms with Gasteiger partial charge in [0.2, 0.25) is 0 Å². The second kappa shape index (κ2) is 2.95. The van der Waals surface area contributed by atoms with E-state index in [9.17, 15) is 0 Å². The average molecular weight is 178 g/mol. The van der Waals surface area contributed by atoms with Crippen molar-refractivity contribution >= 4 is 22.5 Å². The summed E-state index contributed by atoms with van der Waals surface area (Å²) in [5, 5.41) is 4.49. The lowest BCUT2D eigenvalue weighted by atomic mass is 10.2. The van der Waals surface area contributed by atoms with Gasteiger partial charge < -0.3 is 15.7 Å². The number of hydrogen-bond acceptors (Lipinski definition) is 5. The van der Waals surface area contributed by atoms with Gasteiger partial charge in [-0.25, -0.2) is 5.43 Å². The monoisotopic (exact) mass is 178 g/mol. The van der Waals surface area contributed by atoms with Crippen LogP contribution in [0.25, 0.3) is 11.0 Å². The van der Waals surface area contributed by atoms with Gasteiger partial charge in [-0.3, -0.25) is 0 Å². The van der Waals surface area contributed by atoms with Crippen LogP contribution in [0.15, 0.2) is 22.7 Å². The van der Waals surface area contributed by atoms with Gasteiger partial charge in [0.25, 0.3) is 0 Å². The van der Waals surface area contributed by atoms with Gasteiger partial charge in [-0.2, -0.15) is 0 Å². The Labute approximate surface area is 74.9 Å². The van der Waals surface area contributed by atoms with Gasteiger partial charge in [0.05, 0.1) is 11.1 Å². The minimum Gasteiger partial charge on any atom is -0.380 e. The highest BCUT2D eigenvalue weighted by Crippen LogP contribution is 2.22. The van der Waals surface area contributed by atoms with E-state index in [2.05, 4.69) is 16.0 Å². The zero-order valence-corrected chi connectivity index (χ0v) is 7.16. The standard InChI is InChI=1S/C8H10N4O/c1-10-11-5-2-3-6-7(4-5)13-12-8(6)9/h2-4,10-11H,1H3,(H2,9,12). The van der Waals surface area contributed by atoms with Gasteiger partial charge in [0, 0.05) is 13.1 Å². The van der Waals surface area contributed by atoms with E-state index in [1.54, 1.807) is 7.05 Å². The van der Waals surface area contributed by atoms with E-state index in [1.165, 1.54) is 0 Å². The summed E-state index contributed by atoms with van der Waals surface area (Å²) in [4.78, 5) is 0. The van der Waals surface area contributed by atoms with Gasteiger partial charge in [-0.15, -0.1) is 0 Å². The van der Waals surface area contributed by atoms with Crippen molar-refractivity contribution in [1.82, 2.24) is 10.6 Å². The van der Waals surface area contributed by atoms with Crippen LogP contribution in [-0.4, -0.2) is 12.2 Å². The Kier molecular flexibility index (Phi) is 1.79. The fourth-order valence-corrected chi connectivity index (χ4v) is 1.18. The van der Waals surface area contributed by atoms with Crippen molar-refractivity contribution in [3.8, 4) is 0 Å². The molecule has 0 unspecified atom stereocenters. The highest BCUT2D eigenvalue weighted by molar-refractivity contribution is 5.89. The largest absolute Gasteiger partial charge is 0.380 e. The summed E-state index contributed by atoms with van der Waals surface area (Å²) < 4.78 is 4.99. The second-order valence-electron chi connectivity index (χ2n) is 2.65. The summed E-state index contributed by atoms with van der Waals surface area (Å²) in [5.74, 6) is 0.422. The van der Waals surface area contributed by atoms with Crippen LogP contribution in [0, 0.1) is 0 Å². The van der Waals surface area contributed by atoms with Gasteiger partial charge >= 0.3 is 0 Å². The van der Waals surface area contributed by atoms with E-state index < -0.39 is 0 Å². The molecule has 0 saturated carbocycles. The first kappa shape index (κ1) is 7.88. The maximum Gasteiger partial charge on any atom is 0.174 e. The highest BCUT2D eigenvalue weighted by atomic mass is 16.5. The molecule has 0 saturated heterocycles. The first-order valence-electron chi connectivity index (χ1n) is 3.89. The third-order valence-electron chi connectivity index (χ3n) is 1.77. The SMILES string of the molecule is CNNc1ccc2c(N)noc2c1. The molecule has 0 aliphatic carbocycles. The highest BCUT2D eigenvalue weighted by Gasteiger charge is 2.04. The van der Waals surface area contributed by atoms with Gasteiger partial charge in [0.15, 0.2) is 11.4 Å². The first-order chi connectivity index (χ1) is 6.31. The van der Waals surface area contributed by atoms with Crippen molar-refractivity contribution in [3.63, 3.8) is 0 Å². The summed E-state index contributed by atoms with van der Waals surface area (Å²) in [6, 6.07) is 5.59. The number of rotatable bonds is 2. The van der Waals surface area contributed by atoms with Crippen molar-refractivity contribution in [1.29, 1.82) is 0 Å².